The molecule has 2 aromatic heterocycles. The Morgan fingerprint density at radius 2 is 2.36 bits per heavy atom. The van der Waals surface area contributed by atoms with Gasteiger partial charge < -0.3 is 5.32 Å². The third kappa shape index (κ3) is 4.30. The monoisotopic (exact) mass is 373 g/mol. The van der Waals surface area contributed by atoms with Gasteiger partial charge in [-0.3, -0.25) is 9.69 Å². The van der Waals surface area contributed by atoms with Crippen molar-refractivity contribution >= 4 is 33.6 Å². The molecule has 0 fully saturated rings. The van der Waals surface area contributed by atoms with Crippen LogP contribution in [0.1, 0.15) is 41.1 Å². The number of amides is 1. The van der Waals surface area contributed by atoms with Gasteiger partial charge >= 0.3 is 0 Å². The Hall–Kier alpha value is -1.68. The summed E-state index contributed by atoms with van der Waals surface area (Å²) in [6, 6.07) is 6.43. The van der Waals surface area contributed by atoms with Crippen LogP contribution in [0.2, 0.25) is 0 Å². The molecule has 3 rings (SSSR count). The number of anilines is 1. The summed E-state index contributed by atoms with van der Waals surface area (Å²) in [7, 11) is 0. The molecule has 1 amide bonds. The molecule has 0 aliphatic heterocycles. The fourth-order valence-corrected chi connectivity index (χ4v) is 5.35. The molecule has 0 saturated heterocycles. The Bertz CT molecular complexity index is 773. The molecule has 132 valence electrons. The Kier molecular flexibility index (Phi) is 5.89. The van der Waals surface area contributed by atoms with Gasteiger partial charge in [-0.15, -0.1) is 22.7 Å². The van der Waals surface area contributed by atoms with Gasteiger partial charge in [-0.05, 0) is 48.7 Å². The Labute approximate surface area is 157 Å². The standard InChI is InChI=1S/C19H23N3OS2/c1-3-22(11-14-5-4-8-24-14)12-18(23)21-19-16(10-20)15-7-6-13(2)9-17(15)25-19/h4-5,8,13H,3,6-7,9,11-12H2,1-2H3,(H,21,23)/t13-/m1/s1. The average molecular weight is 374 g/mol. The average Bonchev–Trinajstić information content (AvgIpc) is 3.20. The van der Waals surface area contributed by atoms with Gasteiger partial charge in [0.05, 0.1) is 12.1 Å². The van der Waals surface area contributed by atoms with Crippen molar-refractivity contribution < 1.29 is 4.79 Å². The van der Waals surface area contributed by atoms with Crippen molar-refractivity contribution in [3.8, 4) is 6.07 Å². The van der Waals surface area contributed by atoms with E-state index in [-0.39, 0.29) is 5.91 Å². The first kappa shape index (κ1) is 18.1. The van der Waals surface area contributed by atoms with Crippen LogP contribution in [-0.4, -0.2) is 23.9 Å². The highest BCUT2D eigenvalue weighted by Crippen LogP contribution is 2.39. The number of carbonyl (C=O) groups is 1. The summed E-state index contributed by atoms with van der Waals surface area (Å²) in [5.74, 6) is 0.615. The van der Waals surface area contributed by atoms with E-state index in [2.05, 4.69) is 41.6 Å². The van der Waals surface area contributed by atoms with Crippen LogP contribution in [0, 0.1) is 17.2 Å². The van der Waals surface area contributed by atoms with Crippen LogP contribution in [0.5, 0.6) is 0 Å². The van der Waals surface area contributed by atoms with Gasteiger partial charge in [0.1, 0.15) is 11.1 Å². The van der Waals surface area contributed by atoms with E-state index in [1.54, 1.807) is 22.7 Å². The number of thiophene rings is 2. The summed E-state index contributed by atoms with van der Waals surface area (Å²) in [6.07, 6.45) is 3.09. The molecule has 0 unspecified atom stereocenters. The van der Waals surface area contributed by atoms with Gasteiger partial charge in [0.15, 0.2) is 0 Å². The van der Waals surface area contributed by atoms with Gasteiger partial charge in [-0.2, -0.15) is 5.26 Å². The maximum absolute atomic E-state index is 12.5. The predicted octanol–water partition coefficient (Wildman–Crippen LogP) is 4.27. The molecule has 0 radical (unpaired) electrons. The fraction of sp³-hybridized carbons (Fsp3) is 0.474. The number of nitrogens with one attached hydrogen (secondary N) is 1. The lowest BCUT2D eigenvalue weighted by Crippen LogP contribution is -2.32. The van der Waals surface area contributed by atoms with Crippen molar-refractivity contribution in [3.05, 3.63) is 38.4 Å². The fourth-order valence-electron chi connectivity index (χ4n) is 3.23. The number of fused-ring (bicyclic) bond motifs is 1. The molecule has 2 aromatic rings. The van der Waals surface area contributed by atoms with Crippen LogP contribution in [0.15, 0.2) is 17.5 Å². The first-order valence-corrected chi connectivity index (χ1v) is 10.4. The highest BCUT2D eigenvalue weighted by molar-refractivity contribution is 7.16. The van der Waals surface area contributed by atoms with Gasteiger partial charge in [0, 0.05) is 16.3 Å². The summed E-state index contributed by atoms with van der Waals surface area (Å²) in [5, 5.41) is 15.3. The zero-order chi connectivity index (χ0) is 17.8. The van der Waals surface area contributed by atoms with Crippen LogP contribution >= 0.6 is 22.7 Å². The van der Waals surface area contributed by atoms with Crippen LogP contribution in [0.25, 0.3) is 0 Å². The molecule has 4 nitrogen and oxygen atoms in total. The predicted molar refractivity (Wildman–Crippen MR) is 104 cm³/mol. The second-order valence-electron chi connectivity index (χ2n) is 6.60. The molecule has 0 spiro atoms. The summed E-state index contributed by atoms with van der Waals surface area (Å²) >= 11 is 3.30. The van der Waals surface area contributed by atoms with Gasteiger partial charge in [-0.25, -0.2) is 0 Å². The molecule has 1 aliphatic carbocycles. The van der Waals surface area contributed by atoms with Gasteiger partial charge in [-0.1, -0.05) is 19.9 Å². The van der Waals surface area contributed by atoms with Crippen LogP contribution < -0.4 is 5.32 Å². The highest BCUT2D eigenvalue weighted by atomic mass is 32.1. The molecule has 2 heterocycles. The first-order chi connectivity index (χ1) is 12.1. The third-order valence-corrected chi connectivity index (χ3v) is 6.68. The summed E-state index contributed by atoms with van der Waals surface area (Å²) in [4.78, 5) is 17.1. The Balaban J connectivity index is 1.67. The van der Waals surface area contributed by atoms with E-state index in [0.717, 1.165) is 42.9 Å². The zero-order valence-electron chi connectivity index (χ0n) is 14.7. The number of nitriles is 1. The van der Waals surface area contributed by atoms with Gasteiger partial charge in [0.25, 0.3) is 0 Å². The lowest BCUT2D eigenvalue weighted by Gasteiger charge is -2.18. The van der Waals surface area contributed by atoms with Crippen LogP contribution in [0.4, 0.5) is 5.00 Å². The Morgan fingerprint density at radius 3 is 3.04 bits per heavy atom. The maximum atomic E-state index is 12.5. The molecular weight excluding hydrogens is 350 g/mol. The van der Waals surface area contributed by atoms with Crippen molar-refractivity contribution in [2.24, 2.45) is 5.92 Å². The summed E-state index contributed by atoms with van der Waals surface area (Å²) < 4.78 is 0. The molecular formula is C19H23N3OS2. The minimum atomic E-state index is -0.0402. The second-order valence-corrected chi connectivity index (χ2v) is 8.74. The number of rotatable bonds is 6. The van der Waals surface area contributed by atoms with Crippen LogP contribution in [-0.2, 0) is 24.2 Å². The lowest BCUT2D eigenvalue weighted by atomic mass is 9.89. The third-order valence-electron chi connectivity index (χ3n) is 4.65. The molecule has 25 heavy (non-hydrogen) atoms. The Morgan fingerprint density at radius 1 is 1.52 bits per heavy atom. The first-order valence-electron chi connectivity index (χ1n) is 8.69. The molecule has 1 aliphatic rings. The minimum Gasteiger partial charge on any atom is -0.315 e. The largest absolute Gasteiger partial charge is 0.315 e. The van der Waals surface area contributed by atoms with E-state index in [0.29, 0.717) is 18.0 Å². The molecule has 6 heteroatoms. The van der Waals surface area contributed by atoms with Gasteiger partial charge in [0.2, 0.25) is 5.91 Å². The molecule has 1 atom stereocenters. The van der Waals surface area contributed by atoms with E-state index in [4.69, 9.17) is 0 Å². The molecule has 1 N–H and O–H groups in total. The smallest absolute Gasteiger partial charge is 0.239 e. The molecule has 0 saturated carbocycles. The van der Waals surface area contributed by atoms with E-state index in [1.165, 1.54) is 9.75 Å². The quantitative estimate of drug-likeness (QED) is 0.823. The summed E-state index contributed by atoms with van der Waals surface area (Å²) in [5.41, 5.74) is 1.84. The van der Waals surface area contributed by atoms with Crippen molar-refractivity contribution in [1.82, 2.24) is 4.90 Å². The number of nitrogens with zero attached hydrogens (tertiary/aromatic N) is 2. The van der Waals surface area contributed by atoms with Crippen molar-refractivity contribution in [3.63, 3.8) is 0 Å². The maximum Gasteiger partial charge on any atom is 0.239 e. The topological polar surface area (TPSA) is 56.1 Å². The van der Waals surface area contributed by atoms with Crippen LogP contribution in [0.3, 0.4) is 0 Å². The normalized spacial score (nSPS) is 16.5. The van der Waals surface area contributed by atoms with E-state index >= 15 is 0 Å². The van der Waals surface area contributed by atoms with E-state index in [1.807, 2.05) is 6.07 Å². The van der Waals surface area contributed by atoms with E-state index < -0.39 is 0 Å². The molecule has 0 aromatic carbocycles. The second kappa shape index (κ2) is 8.13. The minimum absolute atomic E-state index is 0.0402. The number of hydrogen-bond acceptors (Lipinski definition) is 5. The molecule has 0 bridgehead atoms. The SMILES string of the molecule is CCN(CC(=O)Nc1sc2c(c1C#N)CC[C@@H](C)C2)Cc1cccs1. The van der Waals surface area contributed by atoms with Crippen molar-refractivity contribution in [1.29, 1.82) is 5.26 Å². The lowest BCUT2D eigenvalue weighted by molar-refractivity contribution is -0.117. The van der Waals surface area contributed by atoms with Crippen molar-refractivity contribution in [2.45, 2.75) is 39.7 Å². The van der Waals surface area contributed by atoms with E-state index in [9.17, 15) is 10.1 Å². The number of hydrogen-bond donors (Lipinski definition) is 1. The summed E-state index contributed by atoms with van der Waals surface area (Å²) in [6.45, 7) is 6.25. The highest BCUT2D eigenvalue weighted by Gasteiger charge is 2.24. The number of likely N-dealkylation sites (N-methyl/N-ethyl adjacent to an activating group) is 1. The number of carbonyl (C=O) groups excluding carboxylic acids is 1. The zero-order valence-corrected chi connectivity index (χ0v) is 16.3. The van der Waals surface area contributed by atoms with Crippen molar-refractivity contribution in [2.75, 3.05) is 18.4 Å².